The van der Waals surface area contributed by atoms with E-state index in [1.54, 1.807) is 0 Å². The lowest BCUT2D eigenvalue weighted by Gasteiger charge is -2.11. The first-order chi connectivity index (χ1) is 8.22. The van der Waals surface area contributed by atoms with Crippen LogP contribution in [-0.2, 0) is 17.7 Å². The Morgan fingerprint density at radius 1 is 1.24 bits per heavy atom. The van der Waals surface area contributed by atoms with Gasteiger partial charge in [-0.15, -0.1) is 0 Å². The van der Waals surface area contributed by atoms with Gasteiger partial charge in [0, 0.05) is 12.7 Å². The zero-order chi connectivity index (χ0) is 12.3. The van der Waals surface area contributed by atoms with E-state index in [-0.39, 0.29) is 0 Å². The molecule has 0 aliphatic rings. The van der Waals surface area contributed by atoms with Crippen molar-refractivity contribution in [1.82, 2.24) is 4.57 Å². The van der Waals surface area contributed by atoms with Gasteiger partial charge in [0.05, 0.1) is 18.2 Å². The Morgan fingerprint density at radius 3 is 2.76 bits per heavy atom. The van der Waals surface area contributed by atoms with Crippen molar-refractivity contribution in [3.05, 3.63) is 36.0 Å². The van der Waals surface area contributed by atoms with Gasteiger partial charge in [-0.05, 0) is 37.3 Å². The van der Waals surface area contributed by atoms with Crippen LogP contribution >= 0.6 is 0 Å². The summed E-state index contributed by atoms with van der Waals surface area (Å²) < 4.78 is 7.92. The first-order valence-electron chi connectivity index (χ1n) is 6.40. The fourth-order valence-corrected chi connectivity index (χ4v) is 2.20. The summed E-state index contributed by atoms with van der Waals surface area (Å²) in [6.45, 7) is 8.06. The standard InChI is InChI=1S/C15H21NO/c1-4-13-6-5-7-14-8-9-16(15(13)14)10-11-17-12(2)3/h5-9,12H,4,10-11H2,1-3H3. The summed E-state index contributed by atoms with van der Waals surface area (Å²) in [6, 6.07) is 8.70. The van der Waals surface area contributed by atoms with Crippen LogP contribution in [-0.4, -0.2) is 17.3 Å². The second-order valence-electron chi connectivity index (χ2n) is 4.64. The van der Waals surface area contributed by atoms with E-state index in [4.69, 9.17) is 4.74 Å². The lowest BCUT2D eigenvalue weighted by atomic mass is 10.1. The van der Waals surface area contributed by atoms with E-state index >= 15 is 0 Å². The highest BCUT2D eigenvalue weighted by atomic mass is 16.5. The van der Waals surface area contributed by atoms with E-state index in [2.05, 4.69) is 55.8 Å². The molecule has 1 heterocycles. The maximum Gasteiger partial charge on any atom is 0.0649 e. The topological polar surface area (TPSA) is 14.2 Å². The molecule has 0 spiro atoms. The lowest BCUT2D eigenvalue weighted by molar-refractivity contribution is 0.0733. The third-order valence-electron chi connectivity index (χ3n) is 3.04. The zero-order valence-corrected chi connectivity index (χ0v) is 10.9. The maximum absolute atomic E-state index is 5.62. The highest BCUT2D eigenvalue weighted by molar-refractivity contribution is 5.83. The number of hydrogen-bond acceptors (Lipinski definition) is 1. The van der Waals surface area contributed by atoms with Gasteiger partial charge >= 0.3 is 0 Å². The minimum atomic E-state index is 0.308. The average Bonchev–Trinajstić information content (AvgIpc) is 2.72. The maximum atomic E-state index is 5.62. The van der Waals surface area contributed by atoms with Gasteiger partial charge in [0.15, 0.2) is 0 Å². The second kappa shape index (κ2) is 5.37. The number of aryl methyl sites for hydroxylation is 1. The van der Waals surface area contributed by atoms with Crippen LogP contribution in [0.4, 0.5) is 0 Å². The van der Waals surface area contributed by atoms with Crippen LogP contribution in [0.2, 0.25) is 0 Å². The molecule has 0 fully saturated rings. The molecule has 0 amide bonds. The van der Waals surface area contributed by atoms with Gasteiger partial charge in [-0.2, -0.15) is 0 Å². The van der Waals surface area contributed by atoms with Crippen LogP contribution in [0.25, 0.3) is 10.9 Å². The van der Waals surface area contributed by atoms with Crippen molar-refractivity contribution >= 4 is 10.9 Å². The van der Waals surface area contributed by atoms with E-state index < -0.39 is 0 Å². The predicted molar refractivity (Wildman–Crippen MR) is 72.4 cm³/mol. The van der Waals surface area contributed by atoms with Crippen molar-refractivity contribution in [2.75, 3.05) is 6.61 Å². The smallest absolute Gasteiger partial charge is 0.0649 e. The largest absolute Gasteiger partial charge is 0.377 e. The molecule has 0 atom stereocenters. The summed E-state index contributed by atoms with van der Waals surface area (Å²) >= 11 is 0. The summed E-state index contributed by atoms with van der Waals surface area (Å²) in [5, 5.41) is 1.33. The molecule has 2 nitrogen and oxygen atoms in total. The fraction of sp³-hybridized carbons (Fsp3) is 0.467. The number of fused-ring (bicyclic) bond motifs is 1. The van der Waals surface area contributed by atoms with Crippen molar-refractivity contribution < 1.29 is 4.74 Å². The molecule has 2 rings (SSSR count). The first kappa shape index (κ1) is 12.2. The van der Waals surface area contributed by atoms with Crippen LogP contribution in [0, 0.1) is 0 Å². The Balaban J connectivity index is 2.22. The molecule has 0 radical (unpaired) electrons. The predicted octanol–water partition coefficient (Wildman–Crippen LogP) is 3.63. The van der Waals surface area contributed by atoms with Gasteiger partial charge in [0.25, 0.3) is 0 Å². The molecule has 0 unspecified atom stereocenters. The van der Waals surface area contributed by atoms with Crippen molar-refractivity contribution in [2.24, 2.45) is 0 Å². The summed E-state index contributed by atoms with van der Waals surface area (Å²) in [5.74, 6) is 0. The van der Waals surface area contributed by atoms with Gasteiger partial charge < -0.3 is 9.30 Å². The van der Waals surface area contributed by atoms with Gasteiger partial charge in [-0.25, -0.2) is 0 Å². The Bertz CT molecular complexity index is 485. The minimum Gasteiger partial charge on any atom is -0.377 e. The third-order valence-corrected chi connectivity index (χ3v) is 3.04. The molecule has 2 aromatic rings. The van der Waals surface area contributed by atoms with Crippen LogP contribution in [0.15, 0.2) is 30.5 Å². The van der Waals surface area contributed by atoms with Gasteiger partial charge in [0.1, 0.15) is 0 Å². The van der Waals surface area contributed by atoms with Crippen molar-refractivity contribution in [3.63, 3.8) is 0 Å². The van der Waals surface area contributed by atoms with E-state index in [0.717, 1.165) is 19.6 Å². The van der Waals surface area contributed by atoms with Gasteiger partial charge in [-0.1, -0.05) is 25.1 Å². The molecule has 0 saturated heterocycles. The molecular formula is C15H21NO. The normalized spacial score (nSPS) is 11.5. The molecule has 0 bridgehead atoms. The highest BCUT2D eigenvalue weighted by Gasteiger charge is 2.05. The van der Waals surface area contributed by atoms with E-state index in [0.29, 0.717) is 6.10 Å². The Morgan fingerprint density at radius 2 is 2.06 bits per heavy atom. The van der Waals surface area contributed by atoms with Crippen molar-refractivity contribution in [3.8, 4) is 0 Å². The molecule has 2 heteroatoms. The fourth-order valence-electron chi connectivity index (χ4n) is 2.20. The summed E-state index contributed by atoms with van der Waals surface area (Å²) in [7, 11) is 0. The zero-order valence-electron chi connectivity index (χ0n) is 10.9. The molecule has 92 valence electrons. The average molecular weight is 231 g/mol. The SMILES string of the molecule is CCc1cccc2ccn(CCOC(C)C)c12. The summed E-state index contributed by atoms with van der Waals surface area (Å²) in [4.78, 5) is 0. The number of rotatable bonds is 5. The van der Waals surface area contributed by atoms with E-state index in [9.17, 15) is 0 Å². The van der Waals surface area contributed by atoms with Crippen LogP contribution in [0.5, 0.6) is 0 Å². The number of benzene rings is 1. The number of para-hydroxylation sites is 1. The van der Waals surface area contributed by atoms with Crippen LogP contribution < -0.4 is 0 Å². The first-order valence-corrected chi connectivity index (χ1v) is 6.40. The molecule has 0 aliphatic carbocycles. The van der Waals surface area contributed by atoms with Gasteiger partial charge in [-0.3, -0.25) is 0 Å². The molecule has 0 aliphatic heterocycles. The molecule has 0 saturated carbocycles. The Kier molecular flexibility index (Phi) is 3.85. The molecule has 17 heavy (non-hydrogen) atoms. The summed E-state index contributed by atoms with van der Waals surface area (Å²) in [6.07, 6.45) is 3.54. The molecule has 0 N–H and O–H groups in total. The third kappa shape index (κ3) is 2.70. The lowest BCUT2D eigenvalue weighted by Crippen LogP contribution is -2.10. The quantitative estimate of drug-likeness (QED) is 0.766. The van der Waals surface area contributed by atoms with E-state index in [1.165, 1.54) is 16.5 Å². The highest BCUT2D eigenvalue weighted by Crippen LogP contribution is 2.20. The minimum absolute atomic E-state index is 0.308. The number of ether oxygens (including phenoxy) is 1. The van der Waals surface area contributed by atoms with Gasteiger partial charge in [0.2, 0.25) is 0 Å². The molecule has 1 aromatic heterocycles. The Hall–Kier alpha value is -1.28. The second-order valence-corrected chi connectivity index (χ2v) is 4.64. The van der Waals surface area contributed by atoms with Crippen LogP contribution in [0.3, 0.4) is 0 Å². The van der Waals surface area contributed by atoms with Crippen LogP contribution in [0.1, 0.15) is 26.3 Å². The number of aromatic nitrogens is 1. The molecule has 1 aromatic carbocycles. The monoisotopic (exact) mass is 231 g/mol. The summed E-state index contributed by atoms with van der Waals surface area (Å²) in [5.41, 5.74) is 2.78. The Labute approximate surface area is 103 Å². The molecular weight excluding hydrogens is 210 g/mol. The van der Waals surface area contributed by atoms with Crippen molar-refractivity contribution in [1.29, 1.82) is 0 Å². The number of hydrogen-bond donors (Lipinski definition) is 0. The van der Waals surface area contributed by atoms with E-state index in [1.807, 2.05) is 0 Å². The number of nitrogens with zero attached hydrogens (tertiary/aromatic N) is 1. The van der Waals surface area contributed by atoms with Crippen molar-refractivity contribution in [2.45, 2.75) is 39.8 Å².